The molecule has 0 aliphatic heterocycles. The van der Waals surface area contributed by atoms with Gasteiger partial charge in [-0.25, -0.2) is 15.0 Å². The lowest BCUT2D eigenvalue weighted by Crippen LogP contribution is -2.14. The second kappa shape index (κ2) is 8.45. The fraction of sp³-hybridized carbons (Fsp3) is 0.304. The number of hydrogen-bond acceptors (Lipinski definition) is 7. The zero-order valence-corrected chi connectivity index (χ0v) is 17.4. The molecule has 5 rings (SSSR count). The molecule has 0 bridgehead atoms. The summed E-state index contributed by atoms with van der Waals surface area (Å²) in [6.07, 6.45) is 10.2. The summed E-state index contributed by atoms with van der Waals surface area (Å²) in [6.45, 7) is 0.0968. The number of fused-ring (bicyclic) bond motifs is 3. The van der Waals surface area contributed by atoms with Crippen LogP contribution in [0.4, 0.5) is 5.82 Å². The Morgan fingerprint density at radius 2 is 1.93 bits per heavy atom. The van der Waals surface area contributed by atoms with Crippen LogP contribution in [-0.4, -0.2) is 31.6 Å². The predicted molar refractivity (Wildman–Crippen MR) is 120 cm³/mol. The van der Waals surface area contributed by atoms with Gasteiger partial charge in [0, 0.05) is 23.9 Å². The number of nitrogens with one attached hydrogen (secondary N) is 1. The average Bonchev–Trinajstić information content (AvgIpc) is 3.19. The van der Waals surface area contributed by atoms with Gasteiger partial charge in [-0.15, -0.1) is 11.3 Å². The van der Waals surface area contributed by atoms with Crippen molar-refractivity contribution in [2.24, 2.45) is 0 Å². The quantitative estimate of drug-likeness (QED) is 0.478. The van der Waals surface area contributed by atoms with Gasteiger partial charge < -0.3 is 10.4 Å². The predicted octanol–water partition coefficient (Wildman–Crippen LogP) is 4.56. The molecule has 3 aromatic heterocycles. The number of anilines is 1. The number of aliphatic hydroxyl groups is 1. The fourth-order valence-electron chi connectivity index (χ4n) is 4.09. The molecule has 2 N–H and O–H groups in total. The van der Waals surface area contributed by atoms with E-state index in [4.69, 9.17) is 9.97 Å². The molecular formula is C23H23N5OS. The van der Waals surface area contributed by atoms with Crippen LogP contribution in [-0.2, 0) is 12.8 Å². The Labute approximate surface area is 179 Å². The van der Waals surface area contributed by atoms with E-state index in [9.17, 15) is 5.11 Å². The zero-order valence-electron chi connectivity index (χ0n) is 16.6. The molecule has 0 fully saturated rings. The topological polar surface area (TPSA) is 83.8 Å². The van der Waals surface area contributed by atoms with Gasteiger partial charge in [0.2, 0.25) is 0 Å². The first-order valence-electron chi connectivity index (χ1n) is 10.3. The first kappa shape index (κ1) is 19.1. The van der Waals surface area contributed by atoms with Crippen LogP contribution in [0.2, 0.25) is 0 Å². The molecule has 7 heteroatoms. The summed E-state index contributed by atoms with van der Waals surface area (Å²) in [5.41, 5.74) is 3.17. The molecule has 0 saturated heterocycles. The van der Waals surface area contributed by atoms with Crippen LogP contribution in [0.5, 0.6) is 0 Å². The molecule has 0 saturated carbocycles. The number of aromatic nitrogens is 4. The van der Waals surface area contributed by atoms with Crippen LogP contribution >= 0.6 is 11.3 Å². The van der Waals surface area contributed by atoms with Crippen molar-refractivity contribution in [3.8, 4) is 11.5 Å². The van der Waals surface area contributed by atoms with E-state index in [1.807, 2.05) is 18.2 Å². The molecule has 0 spiro atoms. The molecule has 0 unspecified atom stereocenters. The molecule has 6 nitrogen and oxygen atoms in total. The smallest absolute Gasteiger partial charge is 0.183 e. The highest BCUT2D eigenvalue weighted by Crippen LogP contribution is 2.40. The summed E-state index contributed by atoms with van der Waals surface area (Å²) < 4.78 is 0. The van der Waals surface area contributed by atoms with Crippen LogP contribution in [0.1, 0.15) is 41.3 Å². The van der Waals surface area contributed by atoms with Crippen molar-refractivity contribution < 1.29 is 5.11 Å². The second-order valence-electron chi connectivity index (χ2n) is 7.50. The minimum absolute atomic E-state index is 0.0388. The van der Waals surface area contributed by atoms with Crippen molar-refractivity contribution in [2.45, 2.75) is 38.1 Å². The number of benzene rings is 1. The molecule has 0 amide bonds. The molecule has 0 radical (unpaired) electrons. The molecule has 1 atom stereocenters. The third-order valence-electron chi connectivity index (χ3n) is 5.54. The van der Waals surface area contributed by atoms with Gasteiger partial charge >= 0.3 is 0 Å². The summed E-state index contributed by atoms with van der Waals surface area (Å²) in [4.78, 5) is 20.8. The molecular weight excluding hydrogens is 394 g/mol. The molecule has 3 heterocycles. The van der Waals surface area contributed by atoms with E-state index in [1.54, 1.807) is 29.9 Å². The van der Waals surface area contributed by atoms with E-state index >= 15 is 0 Å². The lowest BCUT2D eigenvalue weighted by Gasteiger charge is -2.21. The van der Waals surface area contributed by atoms with Crippen LogP contribution in [0.25, 0.3) is 21.7 Å². The number of thiophene rings is 1. The van der Waals surface area contributed by atoms with Gasteiger partial charge in [-0.3, -0.25) is 4.98 Å². The van der Waals surface area contributed by atoms with E-state index in [0.717, 1.165) is 34.4 Å². The van der Waals surface area contributed by atoms with Gasteiger partial charge in [0.15, 0.2) is 5.82 Å². The average molecular weight is 418 g/mol. The molecule has 1 aromatic carbocycles. The highest BCUT2D eigenvalue weighted by molar-refractivity contribution is 7.19. The van der Waals surface area contributed by atoms with E-state index in [1.165, 1.54) is 23.3 Å². The maximum Gasteiger partial charge on any atom is 0.183 e. The standard InChI is InChI=1S/C23H23N5OS/c29-13-10-17(15-6-2-1-3-7-15)26-22-20-16-8-4-5-9-19(16)30-23(20)28-21(27-22)18-14-24-11-12-25-18/h1-3,6-7,11-12,14,17,29H,4-5,8-10,13H2,(H,26,27,28)/t17-/m1/s1. The summed E-state index contributed by atoms with van der Waals surface area (Å²) in [5.74, 6) is 1.40. The Hall–Kier alpha value is -2.90. The summed E-state index contributed by atoms with van der Waals surface area (Å²) in [5, 5.41) is 14.4. The van der Waals surface area contributed by atoms with Gasteiger partial charge in [-0.1, -0.05) is 30.3 Å². The third-order valence-corrected chi connectivity index (χ3v) is 6.72. The largest absolute Gasteiger partial charge is 0.396 e. The molecule has 4 aromatic rings. The zero-order chi connectivity index (χ0) is 20.3. The summed E-state index contributed by atoms with van der Waals surface area (Å²) in [7, 11) is 0. The Bertz CT molecular complexity index is 1150. The Kier molecular flexibility index (Phi) is 5.38. The van der Waals surface area contributed by atoms with Gasteiger partial charge in [0.1, 0.15) is 16.3 Å². The summed E-state index contributed by atoms with van der Waals surface area (Å²) >= 11 is 1.77. The first-order valence-corrected chi connectivity index (χ1v) is 11.2. The Morgan fingerprint density at radius 3 is 2.73 bits per heavy atom. The SMILES string of the molecule is OCC[C@@H](Nc1nc(-c2cnccn2)nc2sc3c(c12)CCCC3)c1ccccc1. The van der Waals surface area contributed by atoms with E-state index in [-0.39, 0.29) is 12.6 Å². The minimum atomic E-state index is -0.0388. The molecule has 152 valence electrons. The van der Waals surface area contributed by atoms with Crippen molar-refractivity contribution in [1.82, 2.24) is 19.9 Å². The van der Waals surface area contributed by atoms with Gasteiger partial charge in [-0.2, -0.15) is 0 Å². The number of hydrogen-bond donors (Lipinski definition) is 2. The van der Waals surface area contributed by atoms with Crippen LogP contribution in [0.3, 0.4) is 0 Å². The molecule has 30 heavy (non-hydrogen) atoms. The monoisotopic (exact) mass is 417 g/mol. The highest BCUT2D eigenvalue weighted by Gasteiger charge is 2.23. The van der Waals surface area contributed by atoms with Crippen molar-refractivity contribution in [3.05, 3.63) is 64.9 Å². The van der Waals surface area contributed by atoms with Crippen LogP contribution in [0, 0.1) is 0 Å². The molecule has 1 aliphatic carbocycles. The van der Waals surface area contributed by atoms with E-state index in [0.29, 0.717) is 17.9 Å². The van der Waals surface area contributed by atoms with Gasteiger partial charge in [0.05, 0.1) is 17.6 Å². The number of aryl methyl sites for hydroxylation is 2. The van der Waals surface area contributed by atoms with Gasteiger partial charge in [-0.05, 0) is 43.2 Å². The minimum Gasteiger partial charge on any atom is -0.396 e. The fourth-order valence-corrected chi connectivity index (χ4v) is 5.35. The van der Waals surface area contributed by atoms with Crippen molar-refractivity contribution >= 4 is 27.4 Å². The summed E-state index contributed by atoms with van der Waals surface area (Å²) in [6, 6.07) is 10.2. The maximum absolute atomic E-state index is 9.68. The normalized spacial score (nSPS) is 14.4. The van der Waals surface area contributed by atoms with Crippen LogP contribution < -0.4 is 5.32 Å². The number of nitrogens with zero attached hydrogens (tertiary/aromatic N) is 4. The van der Waals surface area contributed by atoms with E-state index < -0.39 is 0 Å². The van der Waals surface area contributed by atoms with Crippen molar-refractivity contribution in [2.75, 3.05) is 11.9 Å². The Morgan fingerprint density at radius 1 is 1.07 bits per heavy atom. The highest BCUT2D eigenvalue weighted by atomic mass is 32.1. The maximum atomic E-state index is 9.68. The van der Waals surface area contributed by atoms with Gasteiger partial charge in [0.25, 0.3) is 0 Å². The lowest BCUT2D eigenvalue weighted by atomic mass is 9.96. The van der Waals surface area contributed by atoms with Crippen molar-refractivity contribution in [3.63, 3.8) is 0 Å². The van der Waals surface area contributed by atoms with E-state index in [2.05, 4.69) is 27.4 Å². The van der Waals surface area contributed by atoms with Crippen LogP contribution in [0.15, 0.2) is 48.9 Å². The lowest BCUT2D eigenvalue weighted by molar-refractivity contribution is 0.280. The second-order valence-corrected chi connectivity index (χ2v) is 8.58. The number of rotatable bonds is 6. The molecule has 1 aliphatic rings. The van der Waals surface area contributed by atoms with Crippen molar-refractivity contribution in [1.29, 1.82) is 0 Å². The number of aliphatic hydroxyl groups excluding tert-OH is 1. The Balaban J connectivity index is 1.65. The first-order chi connectivity index (χ1) is 14.8. The third kappa shape index (κ3) is 3.66.